The zero-order valence-corrected chi connectivity index (χ0v) is 20.6. The first-order valence-electron chi connectivity index (χ1n) is 11.1. The fourth-order valence-electron chi connectivity index (χ4n) is 3.75. The summed E-state index contributed by atoms with van der Waals surface area (Å²) in [6.45, 7) is 0.270. The lowest BCUT2D eigenvalue weighted by Crippen LogP contribution is -2.47. The fourth-order valence-corrected chi connectivity index (χ4v) is 4.19. The van der Waals surface area contributed by atoms with Gasteiger partial charge < -0.3 is 10.6 Å². The third-order valence-corrected chi connectivity index (χ3v) is 6.02. The van der Waals surface area contributed by atoms with Crippen LogP contribution in [0.15, 0.2) is 89.4 Å². The van der Waals surface area contributed by atoms with Gasteiger partial charge in [0.05, 0.1) is 12.2 Å². The molecule has 2 N–H and O–H groups in total. The zero-order chi connectivity index (χ0) is 24.8. The number of rotatable bonds is 8. The highest BCUT2D eigenvalue weighted by atomic mass is 79.9. The number of benzene rings is 3. The van der Waals surface area contributed by atoms with Crippen molar-refractivity contribution in [3.05, 3.63) is 112 Å². The van der Waals surface area contributed by atoms with Crippen molar-refractivity contribution < 1.29 is 14.0 Å². The summed E-state index contributed by atoms with van der Waals surface area (Å²) >= 11 is 3.44. The van der Waals surface area contributed by atoms with E-state index in [1.54, 1.807) is 22.9 Å². The van der Waals surface area contributed by atoms with E-state index in [2.05, 4.69) is 31.7 Å². The van der Waals surface area contributed by atoms with Gasteiger partial charge in [-0.15, -0.1) is 0 Å². The Balaban J connectivity index is 1.64. The van der Waals surface area contributed by atoms with Crippen LogP contribution >= 0.6 is 15.9 Å². The normalized spacial score (nSPS) is 11.6. The van der Waals surface area contributed by atoms with Crippen LogP contribution in [-0.2, 0) is 17.8 Å². The number of halogens is 2. The predicted molar refractivity (Wildman–Crippen MR) is 136 cm³/mol. The molecule has 35 heavy (non-hydrogen) atoms. The smallest absolute Gasteiger partial charge is 0.270 e. The number of likely N-dealkylation sites (N-methyl/N-ethyl adjacent to an activating group) is 1. The van der Waals surface area contributed by atoms with Crippen LogP contribution in [0.1, 0.15) is 21.6 Å². The topological polar surface area (TPSA) is 76.0 Å². The molecule has 0 aliphatic rings. The molecule has 0 aliphatic carbocycles. The Bertz CT molecular complexity index is 1320. The van der Waals surface area contributed by atoms with E-state index in [9.17, 15) is 14.0 Å². The predicted octanol–water partition coefficient (Wildman–Crippen LogP) is 4.59. The van der Waals surface area contributed by atoms with Gasteiger partial charge in [0.1, 0.15) is 17.6 Å². The van der Waals surface area contributed by atoms with Crippen molar-refractivity contribution in [3.8, 4) is 11.3 Å². The maximum Gasteiger partial charge on any atom is 0.270 e. The Kier molecular flexibility index (Phi) is 7.72. The van der Waals surface area contributed by atoms with Gasteiger partial charge in [-0.1, -0.05) is 70.5 Å². The molecule has 4 rings (SSSR count). The summed E-state index contributed by atoms with van der Waals surface area (Å²) in [5.74, 6) is -1.06. The highest BCUT2D eigenvalue weighted by Gasteiger charge is 2.24. The van der Waals surface area contributed by atoms with Gasteiger partial charge in [-0.25, -0.2) is 4.39 Å². The number of aromatic nitrogens is 2. The molecule has 0 radical (unpaired) electrons. The van der Waals surface area contributed by atoms with Crippen LogP contribution in [0.2, 0.25) is 0 Å². The van der Waals surface area contributed by atoms with E-state index in [0.717, 1.165) is 21.2 Å². The minimum Gasteiger partial charge on any atom is -0.357 e. The van der Waals surface area contributed by atoms with Gasteiger partial charge >= 0.3 is 0 Å². The number of nitrogens with zero attached hydrogens (tertiary/aromatic N) is 2. The Morgan fingerprint density at radius 2 is 1.71 bits per heavy atom. The molecular formula is C27H24BrFN4O2. The number of carbonyl (C=O) groups excluding carboxylic acids is 2. The largest absolute Gasteiger partial charge is 0.357 e. The summed E-state index contributed by atoms with van der Waals surface area (Å²) < 4.78 is 15.9. The maximum absolute atomic E-state index is 13.4. The molecule has 0 bridgehead atoms. The lowest BCUT2D eigenvalue weighted by molar-refractivity contribution is -0.122. The summed E-state index contributed by atoms with van der Waals surface area (Å²) in [5, 5.41) is 10.1. The van der Waals surface area contributed by atoms with Crippen LogP contribution < -0.4 is 10.6 Å². The van der Waals surface area contributed by atoms with E-state index in [-0.39, 0.29) is 18.3 Å². The van der Waals surface area contributed by atoms with Gasteiger partial charge in [0.2, 0.25) is 5.91 Å². The van der Waals surface area contributed by atoms with Crippen LogP contribution in [0.25, 0.3) is 11.3 Å². The maximum atomic E-state index is 13.4. The van der Waals surface area contributed by atoms with Gasteiger partial charge in [-0.05, 0) is 41.5 Å². The molecule has 6 nitrogen and oxygen atoms in total. The molecule has 178 valence electrons. The Morgan fingerprint density at radius 3 is 2.40 bits per heavy atom. The van der Waals surface area contributed by atoms with Crippen molar-refractivity contribution in [3.63, 3.8) is 0 Å². The van der Waals surface area contributed by atoms with E-state index < -0.39 is 11.9 Å². The number of hydrogen-bond donors (Lipinski definition) is 2. The molecule has 8 heteroatoms. The van der Waals surface area contributed by atoms with Crippen LogP contribution in [0.3, 0.4) is 0 Å². The lowest BCUT2D eigenvalue weighted by Gasteiger charge is -2.18. The van der Waals surface area contributed by atoms with E-state index in [0.29, 0.717) is 17.8 Å². The molecule has 3 aromatic carbocycles. The third kappa shape index (κ3) is 6.22. The summed E-state index contributed by atoms with van der Waals surface area (Å²) in [6, 6.07) is 24.1. The number of carbonyl (C=O) groups is 2. The van der Waals surface area contributed by atoms with Gasteiger partial charge in [0, 0.05) is 23.5 Å². The molecule has 2 amide bonds. The van der Waals surface area contributed by atoms with E-state index in [1.165, 1.54) is 19.2 Å². The van der Waals surface area contributed by atoms with Gasteiger partial charge in [-0.2, -0.15) is 5.10 Å². The average molecular weight is 535 g/mol. The van der Waals surface area contributed by atoms with Crippen molar-refractivity contribution in [2.45, 2.75) is 19.0 Å². The van der Waals surface area contributed by atoms with Crippen LogP contribution in [0, 0.1) is 5.82 Å². The molecule has 0 spiro atoms. The van der Waals surface area contributed by atoms with E-state index >= 15 is 0 Å². The van der Waals surface area contributed by atoms with Crippen molar-refractivity contribution in [1.82, 2.24) is 20.4 Å². The average Bonchev–Trinajstić information content (AvgIpc) is 3.29. The summed E-state index contributed by atoms with van der Waals surface area (Å²) in [6.07, 6.45) is 0.322. The van der Waals surface area contributed by atoms with Crippen LogP contribution in [0.4, 0.5) is 4.39 Å². The first-order chi connectivity index (χ1) is 16.9. The molecule has 1 aromatic heterocycles. The summed E-state index contributed by atoms with van der Waals surface area (Å²) in [7, 11) is 1.54. The van der Waals surface area contributed by atoms with Crippen molar-refractivity contribution in [1.29, 1.82) is 0 Å². The van der Waals surface area contributed by atoms with E-state index in [4.69, 9.17) is 0 Å². The minimum atomic E-state index is -0.781. The monoisotopic (exact) mass is 534 g/mol. The summed E-state index contributed by atoms with van der Waals surface area (Å²) in [4.78, 5) is 26.0. The van der Waals surface area contributed by atoms with E-state index in [1.807, 2.05) is 54.6 Å². The molecule has 0 unspecified atom stereocenters. The number of amides is 2. The Labute approximate surface area is 211 Å². The molecule has 4 aromatic rings. The SMILES string of the molecule is CNC(=O)[C@H](Cc1cccc(Br)c1)NC(=O)c1cc(-c2ccccc2)nn1Cc1ccc(F)cc1. The fraction of sp³-hybridized carbons (Fsp3) is 0.148. The Morgan fingerprint density at radius 1 is 0.971 bits per heavy atom. The highest BCUT2D eigenvalue weighted by Crippen LogP contribution is 2.20. The molecule has 1 heterocycles. The Hall–Kier alpha value is -3.78. The number of hydrogen-bond acceptors (Lipinski definition) is 3. The first-order valence-corrected chi connectivity index (χ1v) is 11.9. The lowest BCUT2D eigenvalue weighted by atomic mass is 10.0. The minimum absolute atomic E-state index is 0.270. The third-order valence-electron chi connectivity index (χ3n) is 5.52. The van der Waals surface area contributed by atoms with Crippen LogP contribution in [0.5, 0.6) is 0 Å². The van der Waals surface area contributed by atoms with Gasteiger partial charge in [0.25, 0.3) is 5.91 Å². The second kappa shape index (κ2) is 11.1. The van der Waals surface area contributed by atoms with Crippen molar-refractivity contribution in [2.75, 3.05) is 7.05 Å². The summed E-state index contributed by atoms with van der Waals surface area (Å²) in [5.41, 5.74) is 3.48. The molecule has 0 aliphatic heterocycles. The highest BCUT2D eigenvalue weighted by molar-refractivity contribution is 9.10. The zero-order valence-electron chi connectivity index (χ0n) is 19.0. The second-order valence-corrected chi connectivity index (χ2v) is 8.95. The molecule has 0 saturated heterocycles. The van der Waals surface area contributed by atoms with Crippen molar-refractivity contribution in [2.24, 2.45) is 0 Å². The van der Waals surface area contributed by atoms with Gasteiger partial charge in [-0.3, -0.25) is 14.3 Å². The molecule has 1 atom stereocenters. The second-order valence-electron chi connectivity index (χ2n) is 8.04. The molecule has 0 saturated carbocycles. The molecular weight excluding hydrogens is 511 g/mol. The quantitative estimate of drug-likeness (QED) is 0.347. The van der Waals surface area contributed by atoms with Crippen LogP contribution in [-0.4, -0.2) is 34.7 Å². The van der Waals surface area contributed by atoms with Crippen molar-refractivity contribution >= 4 is 27.7 Å². The number of nitrogens with one attached hydrogen (secondary N) is 2. The molecule has 0 fully saturated rings. The first kappa shape index (κ1) is 24.3. The van der Waals surface area contributed by atoms with Gasteiger partial charge in [0.15, 0.2) is 0 Å². The standard InChI is InChI=1S/C27H24BrFN4O2/c1-30-26(34)24(15-19-6-5-9-21(28)14-19)31-27(35)25-16-23(20-7-3-2-4-8-20)32-33(25)17-18-10-12-22(29)13-11-18/h2-14,16,24H,15,17H2,1H3,(H,30,34)(H,31,35)/t24-/m0/s1.